The van der Waals surface area contributed by atoms with E-state index in [1.54, 1.807) is 48.5 Å². The fourth-order valence-corrected chi connectivity index (χ4v) is 2.95. The molecule has 0 aliphatic rings. The maximum Gasteiger partial charge on any atom is 0.408 e. The van der Waals surface area contributed by atoms with E-state index in [2.05, 4.69) is 10.6 Å². The van der Waals surface area contributed by atoms with Gasteiger partial charge in [-0.25, -0.2) is 9.59 Å². The number of hydrogen-bond donors (Lipinski definition) is 2. The molecule has 2 unspecified atom stereocenters. The molecule has 2 amide bonds. The summed E-state index contributed by atoms with van der Waals surface area (Å²) in [6.07, 6.45) is -0.747. The number of carbonyl (C=O) groups excluding carboxylic acids is 3. The van der Waals surface area contributed by atoms with E-state index in [4.69, 9.17) is 14.2 Å². The van der Waals surface area contributed by atoms with Gasteiger partial charge in [0.1, 0.15) is 23.4 Å². The number of esters is 1. The van der Waals surface area contributed by atoms with E-state index in [0.29, 0.717) is 0 Å². The number of nitrogens with one attached hydrogen (secondary N) is 2. The lowest BCUT2D eigenvalue weighted by Crippen LogP contribution is -2.55. The highest BCUT2D eigenvalue weighted by atomic mass is 16.6. The monoisotopic (exact) mass is 464 g/mol. The van der Waals surface area contributed by atoms with Crippen LogP contribution < -0.4 is 15.4 Å². The molecule has 0 aliphatic heterocycles. The fraction of sp³-hybridized carbons (Fsp3) is 0.640. The van der Waals surface area contributed by atoms with Gasteiger partial charge < -0.3 is 24.8 Å². The minimum Gasteiger partial charge on any atom is -0.491 e. The highest BCUT2D eigenvalue weighted by Gasteiger charge is 2.31. The molecule has 0 radical (unpaired) electrons. The van der Waals surface area contributed by atoms with Gasteiger partial charge in [0.2, 0.25) is 5.91 Å². The average Bonchev–Trinajstić information content (AvgIpc) is 2.64. The summed E-state index contributed by atoms with van der Waals surface area (Å²) in [7, 11) is 0. The van der Waals surface area contributed by atoms with Gasteiger partial charge in [-0.3, -0.25) is 4.79 Å². The van der Waals surface area contributed by atoms with E-state index in [0.717, 1.165) is 11.3 Å². The van der Waals surface area contributed by atoms with E-state index in [9.17, 15) is 14.4 Å². The van der Waals surface area contributed by atoms with Crippen LogP contribution in [0.5, 0.6) is 5.75 Å². The van der Waals surface area contributed by atoms with Gasteiger partial charge in [0, 0.05) is 6.42 Å². The second kappa shape index (κ2) is 12.5. The summed E-state index contributed by atoms with van der Waals surface area (Å²) < 4.78 is 16.3. The molecule has 0 heterocycles. The molecule has 1 rings (SSSR count). The predicted molar refractivity (Wildman–Crippen MR) is 127 cm³/mol. The van der Waals surface area contributed by atoms with Crippen molar-refractivity contribution >= 4 is 18.0 Å². The molecule has 0 spiro atoms. The van der Waals surface area contributed by atoms with Gasteiger partial charge in [0.25, 0.3) is 0 Å². The van der Waals surface area contributed by atoms with Crippen LogP contribution in [0.4, 0.5) is 4.79 Å². The third-order valence-corrected chi connectivity index (χ3v) is 4.31. The zero-order chi connectivity index (χ0) is 25.3. The normalized spacial score (nSPS) is 13.5. The van der Waals surface area contributed by atoms with Gasteiger partial charge in [-0.1, -0.05) is 26.0 Å². The molecule has 0 aromatic heterocycles. The number of alkyl carbamates (subject to hydrolysis) is 1. The molecule has 0 saturated heterocycles. The van der Waals surface area contributed by atoms with Crippen molar-refractivity contribution in [2.75, 3.05) is 0 Å². The predicted octanol–water partition coefficient (Wildman–Crippen LogP) is 4.00. The van der Waals surface area contributed by atoms with Crippen LogP contribution in [0.3, 0.4) is 0 Å². The Labute approximate surface area is 197 Å². The van der Waals surface area contributed by atoms with Crippen molar-refractivity contribution in [3.63, 3.8) is 0 Å². The van der Waals surface area contributed by atoms with Crippen molar-refractivity contribution < 1.29 is 28.6 Å². The number of rotatable bonds is 10. The van der Waals surface area contributed by atoms with Crippen molar-refractivity contribution in [1.29, 1.82) is 0 Å². The molecule has 0 fully saturated rings. The largest absolute Gasteiger partial charge is 0.491 e. The average molecular weight is 465 g/mol. The van der Waals surface area contributed by atoms with E-state index < -0.39 is 35.7 Å². The van der Waals surface area contributed by atoms with Gasteiger partial charge in [-0.2, -0.15) is 0 Å². The Kier molecular flexibility index (Phi) is 10.7. The Morgan fingerprint density at radius 3 is 1.91 bits per heavy atom. The first-order chi connectivity index (χ1) is 15.2. The fourth-order valence-electron chi connectivity index (χ4n) is 2.95. The quantitative estimate of drug-likeness (QED) is 0.507. The SMILES string of the molecule is CC(C)OC(=O)C(Cc1ccc(OC(C)C)cc1)NC(=O)C(NC(=O)OC(C)(C)C)C(C)C. The van der Waals surface area contributed by atoms with Crippen LogP contribution in [-0.2, 0) is 25.5 Å². The minimum atomic E-state index is -0.918. The van der Waals surface area contributed by atoms with Crippen molar-refractivity contribution in [1.82, 2.24) is 10.6 Å². The molecular weight excluding hydrogens is 424 g/mol. The second-order valence-corrected chi connectivity index (χ2v) is 9.93. The Morgan fingerprint density at radius 1 is 0.879 bits per heavy atom. The van der Waals surface area contributed by atoms with Crippen LogP contribution in [0.15, 0.2) is 24.3 Å². The maximum atomic E-state index is 13.0. The van der Waals surface area contributed by atoms with E-state index in [1.807, 2.05) is 38.1 Å². The molecular formula is C25H40N2O6. The number of carbonyl (C=O) groups is 3. The Bertz CT molecular complexity index is 781. The summed E-state index contributed by atoms with van der Waals surface area (Å²) in [5.74, 6) is -0.533. The summed E-state index contributed by atoms with van der Waals surface area (Å²) in [6.45, 7) is 16.2. The van der Waals surface area contributed by atoms with Crippen LogP contribution in [0.1, 0.15) is 67.9 Å². The Hall–Kier alpha value is -2.77. The Morgan fingerprint density at radius 2 is 1.45 bits per heavy atom. The van der Waals surface area contributed by atoms with Gasteiger partial charge in [0.15, 0.2) is 0 Å². The lowest BCUT2D eigenvalue weighted by Gasteiger charge is -2.27. The highest BCUT2D eigenvalue weighted by Crippen LogP contribution is 2.16. The van der Waals surface area contributed by atoms with Crippen LogP contribution in [0.2, 0.25) is 0 Å². The first-order valence-electron chi connectivity index (χ1n) is 11.4. The van der Waals surface area contributed by atoms with Crippen LogP contribution in [-0.4, -0.2) is 47.9 Å². The van der Waals surface area contributed by atoms with Gasteiger partial charge in [-0.15, -0.1) is 0 Å². The number of hydrogen-bond acceptors (Lipinski definition) is 6. The highest BCUT2D eigenvalue weighted by molar-refractivity contribution is 5.90. The molecule has 33 heavy (non-hydrogen) atoms. The zero-order valence-corrected chi connectivity index (χ0v) is 21.4. The minimum absolute atomic E-state index is 0.0503. The van der Waals surface area contributed by atoms with Gasteiger partial charge in [-0.05, 0) is 72.1 Å². The Balaban J connectivity index is 2.99. The first kappa shape index (κ1) is 28.3. The van der Waals surface area contributed by atoms with Crippen LogP contribution in [0.25, 0.3) is 0 Å². The van der Waals surface area contributed by atoms with E-state index in [1.165, 1.54) is 0 Å². The second-order valence-electron chi connectivity index (χ2n) is 9.93. The van der Waals surface area contributed by atoms with Crippen molar-refractivity contribution in [3.8, 4) is 5.75 Å². The molecule has 186 valence electrons. The van der Waals surface area contributed by atoms with Gasteiger partial charge >= 0.3 is 12.1 Å². The molecule has 1 aromatic rings. The smallest absolute Gasteiger partial charge is 0.408 e. The summed E-state index contributed by atoms with van der Waals surface area (Å²) in [4.78, 5) is 38.0. The summed E-state index contributed by atoms with van der Waals surface area (Å²) in [5.41, 5.74) is 0.134. The summed E-state index contributed by atoms with van der Waals surface area (Å²) >= 11 is 0. The van der Waals surface area contributed by atoms with E-state index in [-0.39, 0.29) is 24.5 Å². The lowest BCUT2D eigenvalue weighted by atomic mass is 10.0. The third kappa shape index (κ3) is 11.1. The number of amides is 2. The lowest BCUT2D eigenvalue weighted by molar-refractivity contribution is -0.151. The maximum absolute atomic E-state index is 13.0. The van der Waals surface area contributed by atoms with Gasteiger partial charge in [0.05, 0.1) is 12.2 Å². The molecule has 0 bridgehead atoms. The molecule has 8 nitrogen and oxygen atoms in total. The number of ether oxygens (including phenoxy) is 3. The van der Waals surface area contributed by atoms with Crippen molar-refractivity contribution in [2.45, 2.75) is 98.6 Å². The molecule has 2 N–H and O–H groups in total. The summed E-state index contributed by atoms with van der Waals surface area (Å²) in [6, 6.07) is 5.54. The molecule has 8 heteroatoms. The topological polar surface area (TPSA) is 103 Å². The summed E-state index contributed by atoms with van der Waals surface area (Å²) in [5, 5.41) is 5.36. The zero-order valence-electron chi connectivity index (χ0n) is 21.4. The van der Waals surface area contributed by atoms with Crippen LogP contribution in [0, 0.1) is 5.92 Å². The standard InChI is InChI=1S/C25H40N2O6/c1-15(2)21(27-24(30)33-25(7,8)9)22(28)26-20(23(29)32-17(5)6)14-18-10-12-19(13-11-18)31-16(3)4/h10-13,15-17,20-21H,14H2,1-9H3,(H,26,28)(H,27,30). The van der Waals surface area contributed by atoms with Crippen LogP contribution >= 0.6 is 0 Å². The number of benzene rings is 1. The van der Waals surface area contributed by atoms with Crippen molar-refractivity contribution in [3.05, 3.63) is 29.8 Å². The molecule has 1 aromatic carbocycles. The molecule has 0 aliphatic carbocycles. The first-order valence-corrected chi connectivity index (χ1v) is 11.4. The third-order valence-electron chi connectivity index (χ3n) is 4.31. The van der Waals surface area contributed by atoms with Crippen molar-refractivity contribution in [2.24, 2.45) is 5.92 Å². The molecule has 0 saturated carbocycles. The molecule has 2 atom stereocenters. The van der Waals surface area contributed by atoms with E-state index >= 15 is 0 Å².